The van der Waals surface area contributed by atoms with Gasteiger partial charge < -0.3 is 10.2 Å². The van der Waals surface area contributed by atoms with Crippen LogP contribution >= 0.6 is 15.9 Å². The lowest BCUT2D eigenvalue weighted by Gasteiger charge is -2.31. The summed E-state index contributed by atoms with van der Waals surface area (Å²) in [5, 5.41) is 3.14. The van der Waals surface area contributed by atoms with Crippen molar-refractivity contribution in [3.63, 3.8) is 0 Å². The number of carbonyl (C=O) groups excluding carboxylic acids is 2. The van der Waals surface area contributed by atoms with E-state index in [1.54, 1.807) is 17.9 Å². The third-order valence-electron chi connectivity index (χ3n) is 6.83. The fourth-order valence-corrected chi connectivity index (χ4v) is 5.95. The Kier molecular flexibility index (Phi) is 10.6. The molecule has 1 unspecified atom stereocenters. The van der Waals surface area contributed by atoms with Gasteiger partial charge in [0.15, 0.2) is 0 Å². The number of anilines is 1. The monoisotopic (exact) mass is 591 g/mol. The highest BCUT2D eigenvalue weighted by atomic mass is 79.9. The van der Waals surface area contributed by atoms with Crippen molar-refractivity contribution in [1.82, 2.24) is 10.2 Å². The summed E-state index contributed by atoms with van der Waals surface area (Å²) in [6.45, 7) is 4.17. The van der Waals surface area contributed by atoms with Gasteiger partial charge in [0.05, 0.1) is 11.9 Å². The molecule has 0 radical (unpaired) electrons. The zero-order valence-corrected chi connectivity index (χ0v) is 24.4. The Labute approximate surface area is 229 Å². The molecule has 0 heterocycles. The van der Waals surface area contributed by atoms with Gasteiger partial charge in [-0.25, -0.2) is 8.42 Å². The first-order valence-corrected chi connectivity index (χ1v) is 15.6. The van der Waals surface area contributed by atoms with E-state index >= 15 is 0 Å². The van der Waals surface area contributed by atoms with Gasteiger partial charge in [-0.2, -0.15) is 0 Å². The van der Waals surface area contributed by atoms with Crippen LogP contribution in [0, 0.1) is 6.92 Å². The highest BCUT2D eigenvalue weighted by Gasteiger charge is 2.28. The summed E-state index contributed by atoms with van der Waals surface area (Å²) in [5.74, 6) is -0.318. The Balaban J connectivity index is 1.71. The van der Waals surface area contributed by atoms with E-state index in [1.807, 2.05) is 49.4 Å². The van der Waals surface area contributed by atoms with Crippen molar-refractivity contribution in [1.29, 1.82) is 0 Å². The molecular formula is C28H38BrN3O4S. The molecule has 0 saturated heterocycles. The first-order chi connectivity index (χ1) is 17.5. The Morgan fingerprint density at radius 3 is 2.38 bits per heavy atom. The van der Waals surface area contributed by atoms with Crippen LogP contribution in [-0.2, 0) is 26.2 Å². The van der Waals surface area contributed by atoms with Crippen molar-refractivity contribution in [2.45, 2.75) is 77.4 Å². The van der Waals surface area contributed by atoms with Crippen molar-refractivity contribution in [2.24, 2.45) is 0 Å². The predicted molar refractivity (Wildman–Crippen MR) is 152 cm³/mol. The van der Waals surface area contributed by atoms with E-state index in [4.69, 9.17) is 0 Å². The standard InChI is InChI=1S/C28H38BrN3O4S/c1-21-9-7-12-26(19-21)32(37(3,35)36)18-8-13-27(33)31(20-23-14-16-24(29)17-15-23)22(2)28(34)30-25-10-5-4-6-11-25/h7,9,12,14-17,19,22,25H,4-6,8,10-11,13,18,20H2,1-3H3,(H,30,34). The summed E-state index contributed by atoms with van der Waals surface area (Å²) in [6, 6.07) is 14.5. The Hall–Kier alpha value is -2.39. The number of halogens is 1. The average Bonchev–Trinajstić information content (AvgIpc) is 2.85. The molecule has 1 aliphatic carbocycles. The molecule has 0 aromatic heterocycles. The summed E-state index contributed by atoms with van der Waals surface area (Å²) in [4.78, 5) is 28.2. The first-order valence-electron chi connectivity index (χ1n) is 12.9. The van der Waals surface area contributed by atoms with Crippen molar-refractivity contribution in [3.8, 4) is 0 Å². The van der Waals surface area contributed by atoms with Gasteiger partial charge in [0.2, 0.25) is 21.8 Å². The van der Waals surface area contributed by atoms with E-state index in [0.717, 1.165) is 41.3 Å². The molecule has 0 aliphatic heterocycles. The number of amides is 2. The number of nitrogens with zero attached hydrogens (tertiary/aromatic N) is 2. The topological polar surface area (TPSA) is 86.8 Å². The van der Waals surface area contributed by atoms with E-state index in [1.165, 1.54) is 17.0 Å². The van der Waals surface area contributed by atoms with Crippen LogP contribution in [-0.4, -0.2) is 50.0 Å². The maximum absolute atomic E-state index is 13.4. The smallest absolute Gasteiger partial charge is 0.242 e. The molecule has 1 atom stereocenters. The maximum Gasteiger partial charge on any atom is 0.242 e. The maximum atomic E-state index is 13.4. The van der Waals surface area contributed by atoms with Crippen molar-refractivity contribution < 1.29 is 18.0 Å². The van der Waals surface area contributed by atoms with Gasteiger partial charge in [-0.1, -0.05) is 59.5 Å². The quantitative estimate of drug-likeness (QED) is 0.390. The predicted octanol–water partition coefficient (Wildman–Crippen LogP) is 5.17. The zero-order chi connectivity index (χ0) is 27.0. The molecular weight excluding hydrogens is 554 g/mol. The van der Waals surface area contributed by atoms with Gasteiger partial charge >= 0.3 is 0 Å². The molecule has 2 amide bonds. The average molecular weight is 593 g/mol. The van der Waals surface area contributed by atoms with Crippen LogP contribution in [0.3, 0.4) is 0 Å². The Morgan fingerprint density at radius 2 is 1.76 bits per heavy atom. The van der Waals surface area contributed by atoms with Crippen LogP contribution in [0.25, 0.3) is 0 Å². The second kappa shape index (κ2) is 13.4. The third-order valence-corrected chi connectivity index (χ3v) is 8.55. The molecule has 1 N–H and O–H groups in total. The number of hydrogen-bond acceptors (Lipinski definition) is 4. The lowest BCUT2D eigenvalue weighted by molar-refractivity contribution is -0.141. The summed E-state index contributed by atoms with van der Waals surface area (Å²) in [6.07, 6.45) is 7.01. The highest BCUT2D eigenvalue weighted by Crippen LogP contribution is 2.21. The minimum absolute atomic E-state index is 0.134. The lowest BCUT2D eigenvalue weighted by atomic mass is 9.95. The molecule has 1 aliphatic rings. The Bertz CT molecular complexity index is 1160. The highest BCUT2D eigenvalue weighted by molar-refractivity contribution is 9.10. The summed E-state index contributed by atoms with van der Waals surface area (Å²) >= 11 is 3.44. The number of carbonyl (C=O) groups is 2. The fraction of sp³-hybridized carbons (Fsp3) is 0.500. The van der Waals surface area contributed by atoms with Gasteiger partial charge in [-0.05, 0) is 68.5 Å². The van der Waals surface area contributed by atoms with E-state index in [0.29, 0.717) is 18.7 Å². The molecule has 2 aromatic rings. The Morgan fingerprint density at radius 1 is 1.08 bits per heavy atom. The van der Waals surface area contributed by atoms with Crippen LogP contribution in [0.5, 0.6) is 0 Å². The van der Waals surface area contributed by atoms with E-state index < -0.39 is 16.1 Å². The van der Waals surface area contributed by atoms with E-state index in [-0.39, 0.29) is 30.8 Å². The van der Waals surface area contributed by atoms with Crippen LogP contribution in [0.2, 0.25) is 0 Å². The second-order valence-electron chi connectivity index (χ2n) is 9.95. The molecule has 1 fully saturated rings. The van der Waals surface area contributed by atoms with E-state index in [2.05, 4.69) is 21.2 Å². The van der Waals surface area contributed by atoms with Gasteiger partial charge in [-0.15, -0.1) is 0 Å². The van der Waals surface area contributed by atoms with Crippen LogP contribution in [0.1, 0.15) is 63.0 Å². The zero-order valence-electron chi connectivity index (χ0n) is 22.0. The number of aryl methyl sites for hydroxylation is 1. The second-order valence-corrected chi connectivity index (χ2v) is 12.8. The van der Waals surface area contributed by atoms with E-state index in [9.17, 15) is 18.0 Å². The number of sulfonamides is 1. The molecule has 0 spiro atoms. The van der Waals surface area contributed by atoms with Crippen molar-refractivity contribution >= 4 is 43.5 Å². The summed E-state index contributed by atoms with van der Waals surface area (Å²) in [5.41, 5.74) is 2.47. The van der Waals surface area contributed by atoms with Crippen molar-refractivity contribution in [3.05, 3.63) is 64.1 Å². The molecule has 3 rings (SSSR count). The van der Waals surface area contributed by atoms with Gasteiger partial charge in [0, 0.05) is 30.0 Å². The number of nitrogens with one attached hydrogen (secondary N) is 1. The minimum atomic E-state index is -3.51. The summed E-state index contributed by atoms with van der Waals surface area (Å²) in [7, 11) is -3.51. The molecule has 7 nitrogen and oxygen atoms in total. The number of benzene rings is 2. The SMILES string of the molecule is Cc1cccc(N(CCCC(=O)N(Cc2ccc(Br)cc2)C(C)C(=O)NC2CCCCC2)S(C)(=O)=O)c1. The molecule has 1 saturated carbocycles. The van der Waals surface area contributed by atoms with Crippen LogP contribution < -0.4 is 9.62 Å². The number of rotatable bonds is 11. The molecule has 2 aromatic carbocycles. The van der Waals surface area contributed by atoms with Crippen LogP contribution in [0.4, 0.5) is 5.69 Å². The van der Waals surface area contributed by atoms with Gasteiger partial charge in [0.25, 0.3) is 0 Å². The normalized spacial score (nSPS) is 15.1. The third kappa shape index (κ3) is 8.85. The summed E-state index contributed by atoms with van der Waals surface area (Å²) < 4.78 is 27.2. The van der Waals surface area contributed by atoms with Gasteiger partial charge in [0.1, 0.15) is 6.04 Å². The lowest BCUT2D eigenvalue weighted by Crippen LogP contribution is -2.50. The molecule has 9 heteroatoms. The molecule has 0 bridgehead atoms. The van der Waals surface area contributed by atoms with Crippen LogP contribution in [0.15, 0.2) is 53.0 Å². The first kappa shape index (κ1) is 29.2. The molecule has 202 valence electrons. The van der Waals surface area contributed by atoms with Gasteiger partial charge in [-0.3, -0.25) is 13.9 Å². The largest absolute Gasteiger partial charge is 0.352 e. The van der Waals surface area contributed by atoms with Crippen molar-refractivity contribution in [2.75, 3.05) is 17.1 Å². The molecule has 37 heavy (non-hydrogen) atoms. The number of hydrogen-bond donors (Lipinski definition) is 1. The fourth-order valence-electron chi connectivity index (χ4n) is 4.72. The minimum Gasteiger partial charge on any atom is -0.352 e.